The first-order valence-corrected chi connectivity index (χ1v) is 6.01. The van der Waals surface area contributed by atoms with E-state index in [0.717, 1.165) is 11.3 Å². The highest BCUT2D eigenvalue weighted by atomic mass is 19.4. The fraction of sp³-hybridized carbons (Fsp3) is 0.538. The van der Waals surface area contributed by atoms with E-state index >= 15 is 0 Å². The molecule has 0 bridgehead atoms. The van der Waals surface area contributed by atoms with Gasteiger partial charge >= 0.3 is 6.18 Å². The maximum absolute atomic E-state index is 12.2. The number of benzene rings is 1. The van der Waals surface area contributed by atoms with E-state index in [-0.39, 0.29) is 0 Å². The Labute approximate surface area is 106 Å². The molecule has 0 aliphatic carbocycles. The third-order valence-electron chi connectivity index (χ3n) is 2.74. The van der Waals surface area contributed by atoms with Crippen LogP contribution in [0, 0.1) is 6.92 Å². The van der Waals surface area contributed by atoms with Gasteiger partial charge in [-0.1, -0.05) is 25.1 Å². The number of alkyl halides is 3. The summed E-state index contributed by atoms with van der Waals surface area (Å²) in [5, 5.41) is 3.15. The van der Waals surface area contributed by atoms with Gasteiger partial charge in [-0.25, -0.2) is 0 Å². The molecular weight excluding hydrogens is 241 g/mol. The zero-order valence-corrected chi connectivity index (χ0v) is 10.7. The molecule has 1 N–H and O–H groups in total. The van der Waals surface area contributed by atoms with Crippen molar-refractivity contribution in [3.05, 3.63) is 29.8 Å². The van der Waals surface area contributed by atoms with Crippen molar-refractivity contribution in [1.82, 2.24) is 4.90 Å². The second kappa shape index (κ2) is 6.64. The molecule has 1 aromatic rings. The highest BCUT2D eigenvalue weighted by Crippen LogP contribution is 2.16. The average molecular weight is 260 g/mol. The molecule has 5 heteroatoms. The van der Waals surface area contributed by atoms with Crippen LogP contribution in [-0.2, 0) is 0 Å². The number of para-hydroxylation sites is 1. The van der Waals surface area contributed by atoms with E-state index in [1.165, 1.54) is 4.90 Å². The van der Waals surface area contributed by atoms with Gasteiger partial charge in [0.1, 0.15) is 0 Å². The summed E-state index contributed by atoms with van der Waals surface area (Å²) in [5.74, 6) is 0. The smallest absolute Gasteiger partial charge is 0.384 e. The number of nitrogens with zero attached hydrogens (tertiary/aromatic N) is 1. The van der Waals surface area contributed by atoms with Crippen LogP contribution in [0.3, 0.4) is 0 Å². The second-order valence-corrected chi connectivity index (χ2v) is 4.23. The van der Waals surface area contributed by atoms with Crippen LogP contribution in [0.5, 0.6) is 0 Å². The van der Waals surface area contributed by atoms with Crippen molar-refractivity contribution in [1.29, 1.82) is 0 Å². The fourth-order valence-corrected chi connectivity index (χ4v) is 1.72. The first-order valence-electron chi connectivity index (χ1n) is 6.01. The number of likely N-dealkylation sites (N-methyl/N-ethyl adjacent to an activating group) is 1. The lowest BCUT2D eigenvalue weighted by molar-refractivity contribution is -0.145. The Balaban J connectivity index is 2.38. The summed E-state index contributed by atoms with van der Waals surface area (Å²) >= 11 is 0. The van der Waals surface area contributed by atoms with Gasteiger partial charge in [0, 0.05) is 18.8 Å². The Hall–Kier alpha value is -1.23. The number of nitrogens with one attached hydrogen (secondary N) is 1. The molecule has 0 atom stereocenters. The highest BCUT2D eigenvalue weighted by molar-refractivity contribution is 5.50. The van der Waals surface area contributed by atoms with E-state index in [1.54, 1.807) is 6.92 Å². The van der Waals surface area contributed by atoms with Crippen molar-refractivity contribution >= 4 is 5.69 Å². The molecule has 0 heterocycles. The Morgan fingerprint density at radius 2 is 1.89 bits per heavy atom. The molecule has 1 aromatic carbocycles. The molecule has 0 saturated carbocycles. The van der Waals surface area contributed by atoms with E-state index < -0.39 is 12.7 Å². The third-order valence-corrected chi connectivity index (χ3v) is 2.74. The summed E-state index contributed by atoms with van der Waals surface area (Å²) in [5.41, 5.74) is 2.07. The van der Waals surface area contributed by atoms with E-state index in [1.807, 2.05) is 31.2 Å². The minimum Gasteiger partial charge on any atom is -0.384 e. The SMILES string of the molecule is CCN(CCNc1ccccc1C)CC(F)(F)F. The van der Waals surface area contributed by atoms with Crippen LogP contribution in [0.4, 0.5) is 18.9 Å². The summed E-state index contributed by atoms with van der Waals surface area (Å²) in [7, 11) is 0. The van der Waals surface area contributed by atoms with Crippen LogP contribution < -0.4 is 5.32 Å². The molecule has 0 aromatic heterocycles. The largest absolute Gasteiger partial charge is 0.401 e. The number of anilines is 1. The van der Waals surface area contributed by atoms with Crippen molar-refractivity contribution in [2.45, 2.75) is 20.0 Å². The van der Waals surface area contributed by atoms with Gasteiger partial charge in [-0.2, -0.15) is 13.2 Å². The van der Waals surface area contributed by atoms with Crippen LogP contribution in [0.15, 0.2) is 24.3 Å². The lowest BCUT2D eigenvalue weighted by Crippen LogP contribution is -2.37. The van der Waals surface area contributed by atoms with E-state index in [0.29, 0.717) is 19.6 Å². The molecule has 0 saturated heterocycles. The molecule has 2 nitrogen and oxygen atoms in total. The molecule has 0 fully saturated rings. The van der Waals surface area contributed by atoms with Crippen molar-refractivity contribution in [2.75, 3.05) is 31.5 Å². The second-order valence-electron chi connectivity index (χ2n) is 4.23. The van der Waals surface area contributed by atoms with E-state index in [9.17, 15) is 13.2 Å². The summed E-state index contributed by atoms with van der Waals surface area (Å²) in [6, 6.07) is 7.73. The summed E-state index contributed by atoms with van der Waals surface area (Å²) in [6.45, 7) is 4.14. The van der Waals surface area contributed by atoms with Crippen LogP contribution in [-0.4, -0.2) is 37.3 Å². The molecular formula is C13H19F3N2. The van der Waals surface area contributed by atoms with Crippen LogP contribution in [0.1, 0.15) is 12.5 Å². The van der Waals surface area contributed by atoms with Gasteiger partial charge in [0.15, 0.2) is 0 Å². The summed E-state index contributed by atoms with van der Waals surface area (Å²) in [4.78, 5) is 1.38. The Morgan fingerprint density at radius 1 is 1.22 bits per heavy atom. The van der Waals surface area contributed by atoms with Gasteiger partial charge in [-0.15, -0.1) is 0 Å². The van der Waals surface area contributed by atoms with Crippen LogP contribution in [0.25, 0.3) is 0 Å². The molecule has 0 aliphatic rings. The minimum absolute atomic E-state index is 0.379. The zero-order valence-electron chi connectivity index (χ0n) is 10.7. The van der Waals surface area contributed by atoms with Crippen molar-refractivity contribution in [3.8, 4) is 0 Å². The number of hydrogen-bond donors (Lipinski definition) is 1. The predicted octanol–water partition coefficient (Wildman–Crippen LogP) is 3.29. The number of halogens is 3. The highest BCUT2D eigenvalue weighted by Gasteiger charge is 2.29. The van der Waals surface area contributed by atoms with Gasteiger partial charge in [-0.05, 0) is 25.1 Å². The van der Waals surface area contributed by atoms with E-state index in [4.69, 9.17) is 0 Å². The van der Waals surface area contributed by atoms with Crippen molar-refractivity contribution in [3.63, 3.8) is 0 Å². The molecule has 1 rings (SSSR count). The topological polar surface area (TPSA) is 15.3 Å². The first kappa shape index (κ1) is 14.8. The number of hydrogen-bond acceptors (Lipinski definition) is 2. The monoisotopic (exact) mass is 260 g/mol. The lowest BCUT2D eigenvalue weighted by Gasteiger charge is -2.22. The predicted molar refractivity (Wildman–Crippen MR) is 67.8 cm³/mol. The first-order chi connectivity index (χ1) is 8.42. The van der Waals surface area contributed by atoms with Gasteiger partial charge < -0.3 is 5.32 Å². The molecule has 102 valence electrons. The fourth-order valence-electron chi connectivity index (χ4n) is 1.72. The van der Waals surface area contributed by atoms with Crippen molar-refractivity contribution in [2.24, 2.45) is 0 Å². The van der Waals surface area contributed by atoms with Gasteiger partial charge in [0.25, 0.3) is 0 Å². The summed E-state index contributed by atoms with van der Waals surface area (Å²) < 4.78 is 36.7. The Bertz CT molecular complexity index is 363. The molecule has 0 spiro atoms. The summed E-state index contributed by atoms with van der Waals surface area (Å²) in [6.07, 6.45) is -4.13. The quantitative estimate of drug-likeness (QED) is 0.844. The molecule has 0 radical (unpaired) electrons. The van der Waals surface area contributed by atoms with Crippen molar-refractivity contribution < 1.29 is 13.2 Å². The molecule has 18 heavy (non-hydrogen) atoms. The maximum atomic E-state index is 12.2. The van der Waals surface area contributed by atoms with Gasteiger partial charge in [0.05, 0.1) is 6.54 Å². The zero-order chi connectivity index (χ0) is 13.6. The lowest BCUT2D eigenvalue weighted by atomic mass is 10.2. The Kier molecular flexibility index (Phi) is 5.47. The average Bonchev–Trinajstić information content (AvgIpc) is 2.28. The molecule has 0 amide bonds. The number of aryl methyl sites for hydroxylation is 1. The van der Waals surface area contributed by atoms with E-state index in [2.05, 4.69) is 5.32 Å². The standard InChI is InChI=1S/C13H19F3N2/c1-3-18(10-13(14,15)16)9-8-17-12-7-5-4-6-11(12)2/h4-7,17H,3,8-10H2,1-2H3. The maximum Gasteiger partial charge on any atom is 0.401 e. The van der Waals surface area contributed by atoms with Crippen LogP contribution >= 0.6 is 0 Å². The molecule has 0 aliphatic heterocycles. The normalized spacial score (nSPS) is 11.9. The minimum atomic E-state index is -4.13. The van der Waals surface area contributed by atoms with Gasteiger partial charge in [-0.3, -0.25) is 4.90 Å². The molecule has 0 unspecified atom stereocenters. The third kappa shape index (κ3) is 5.40. The Morgan fingerprint density at radius 3 is 2.44 bits per heavy atom. The van der Waals surface area contributed by atoms with Gasteiger partial charge in [0.2, 0.25) is 0 Å². The number of rotatable bonds is 6. The van der Waals surface area contributed by atoms with Crippen LogP contribution in [0.2, 0.25) is 0 Å².